The van der Waals surface area contributed by atoms with Crippen molar-refractivity contribution in [1.82, 2.24) is 10.0 Å². The molecule has 4 unspecified atom stereocenters. The Kier molecular flexibility index (Phi) is 3.41. The minimum absolute atomic E-state index is 0.223. The molecule has 0 amide bonds. The fourth-order valence-electron chi connectivity index (χ4n) is 4.58. The van der Waals surface area contributed by atoms with Crippen molar-refractivity contribution in [3.63, 3.8) is 0 Å². The molecule has 0 aliphatic heterocycles. The van der Waals surface area contributed by atoms with Gasteiger partial charge in [-0.05, 0) is 66.5 Å². The highest BCUT2D eigenvalue weighted by Gasteiger charge is 2.65. The van der Waals surface area contributed by atoms with E-state index in [1.807, 2.05) is 18.4 Å². The van der Waals surface area contributed by atoms with Gasteiger partial charge in [-0.25, -0.2) is 13.1 Å². The first kappa shape index (κ1) is 14.2. The van der Waals surface area contributed by atoms with E-state index in [9.17, 15) is 8.42 Å². The Labute approximate surface area is 130 Å². The summed E-state index contributed by atoms with van der Waals surface area (Å²) in [6.07, 6.45) is 3.98. The maximum Gasteiger partial charge on any atom is 0.250 e. The molecule has 4 atom stereocenters. The van der Waals surface area contributed by atoms with Crippen LogP contribution in [-0.2, 0) is 16.6 Å². The molecule has 0 spiro atoms. The topological polar surface area (TPSA) is 58.2 Å². The second-order valence-electron chi connectivity index (χ2n) is 6.69. The van der Waals surface area contributed by atoms with Gasteiger partial charge in [-0.3, -0.25) is 0 Å². The summed E-state index contributed by atoms with van der Waals surface area (Å²) in [6.45, 7) is 3.68. The summed E-state index contributed by atoms with van der Waals surface area (Å²) in [5, 5.41) is 5.17. The van der Waals surface area contributed by atoms with Gasteiger partial charge in [0.05, 0.1) is 0 Å². The van der Waals surface area contributed by atoms with Gasteiger partial charge in [-0.2, -0.15) is 0 Å². The zero-order valence-corrected chi connectivity index (χ0v) is 13.8. The Morgan fingerprint density at radius 3 is 2.67 bits per heavy atom. The maximum absolute atomic E-state index is 12.5. The van der Waals surface area contributed by atoms with Crippen molar-refractivity contribution < 1.29 is 8.42 Å². The molecule has 6 heteroatoms. The lowest BCUT2D eigenvalue weighted by molar-refractivity contribution is 0.456. The molecule has 3 fully saturated rings. The number of sulfonamides is 1. The number of fused-ring (bicyclic) bond motifs is 5. The van der Waals surface area contributed by atoms with E-state index in [4.69, 9.17) is 0 Å². The van der Waals surface area contributed by atoms with Crippen molar-refractivity contribution in [2.24, 2.45) is 23.7 Å². The molecule has 1 aromatic rings. The summed E-state index contributed by atoms with van der Waals surface area (Å²) in [7, 11) is -3.32. The third-order valence-corrected chi connectivity index (χ3v) is 8.45. The van der Waals surface area contributed by atoms with E-state index in [0.29, 0.717) is 16.0 Å². The Hall–Kier alpha value is -0.430. The summed E-state index contributed by atoms with van der Waals surface area (Å²) in [5.74, 6) is 2.86. The van der Waals surface area contributed by atoms with Crippen LogP contribution in [0.1, 0.15) is 31.7 Å². The van der Waals surface area contributed by atoms with Crippen molar-refractivity contribution in [2.45, 2.75) is 43.0 Å². The Bertz CT molecular complexity index is 624. The van der Waals surface area contributed by atoms with Gasteiger partial charge in [0.15, 0.2) is 0 Å². The van der Waals surface area contributed by atoms with Crippen LogP contribution in [0, 0.1) is 23.7 Å². The molecule has 3 aliphatic carbocycles. The molecule has 2 bridgehead atoms. The number of rotatable bonds is 6. The van der Waals surface area contributed by atoms with Gasteiger partial charge in [0, 0.05) is 12.6 Å². The number of thiophene rings is 1. The molecule has 2 N–H and O–H groups in total. The molecule has 0 aromatic carbocycles. The van der Waals surface area contributed by atoms with Crippen LogP contribution in [0.15, 0.2) is 15.7 Å². The third-order valence-electron chi connectivity index (χ3n) is 5.50. The van der Waals surface area contributed by atoms with Crippen LogP contribution < -0.4 is 10.0 Å². The zero-order valence-electron chi connectivity index (χ0n) is 12.2. The predicted molar refractivity (Wildman–Crippen MR) is 83.6 cm³/mol. The van der Waals surface area contributed by atoms with Crippen molar-refractivity contribution in [2.75, 3.05) is 6.54 Å². The Morgan fingerprint density at radius 1 is 1.29 bits per heavy atom. The largest absolute Gasteiger partial charge is 0.313 e. The lowest BCUT2D eigenvalue weighted by Gasteiger charge is -2.10. The molecule has 116 valence electrons. The molecule has 0 radical (unpaired) electrons. The Morgan fingerprint density at radius 2 is 2.00 bits per heavy atom. The van der Waals surface area contributed by atoms with Crippen LogP contribution in [-0.4, -0.2) is 21.0 Å². The average molecular weight is 326 g/mol. The summed E-state index contributed by atoms with van der Waals surface area (Å²) in [6, 6.07) is 2.03. The van der Waals surface area contributed by atoms with E-state index in [-0.39, 0.29) is 6.04 Å². The summed E-state index contributed by atoms with van der Waals surface area (Å²) < 4.78 is 28.5. The quantitative estimate of drug-likeness (QED) is 0.842. The van der Waals surface area contributed by atoms with Crippen LogP contribution in [0.5, 0.6) is 0 Å². The molecule has 4 nitrogen and oxygen atoms in total. The number of nitrogens with one attached hydrogen (secondary N) is 2. The monoisotopic (exact) mass is 326 g/mol. The lowest BCUT2D eigenvalue weighted by Crippen LogP contribution is -2.29. The van der Waals surface area contributed by atoms with E-state index in [2.05, 4.69) is 10.0 Å². The van der Waals surface area contributed by atoms with E-state index in [0.717, 1.165) is 30.5 Å². The molecule has 1 heterocycles. The summed E-state index contributed by atoms with van der Waals surface area (Å²) >= 11 is 1.33. The van der Waals surface area contributed by atoms with Gasteiger partial charge in [-0.1, -0.05) is 6.92 Å². The second kappa shape index (κ2) is 5.05. The van der Waals surface area contributed by atoms with Crippen molar-refractivity contribution >= 4 is 21.4 Å². The molecular formula is C15H22N2O2S2. The maximum atomic E-state index is 12.5. The van der Waals surface area contributed by atoms with Crippen LogP contribution in [0.25, 0.3) is 0 Å². The van der Waals surface area contributed by atoms with Gasteiger partial charge in [0.2, 0.25) is 10.0 Å². The first-order chi connectivity index (χ1) is 10.1. The summed E-state index contributed by atoms with van der Waals surface area (Å²) in [4.78, 5) is 0. The SMILES string of the molecule is CCNCc1csc(S(=O)(=O)NC2C3C4CCC(C4)C23)c1. The van der Waals surface area contributed by atoms with Crippen LogP contribution >= 0.6 is 11.3 Å². The normalized spacial score (nSPS) is 36.9. The zero-order chi connectivity index (χ0) is 14.6. The van der Waals surface area contributed by atoms with Crippen LogP contribution in [0.3, 0.4) is 0 Å². The number of hydrogen-bond acceptors (Lipinski definition) is 4. The van der Waals surface area contributed by atoms with Gasteiger partial charge < -0.3 is 5.32 Å². The highest BCUT2D eigenvalue weighted by molar-refractivity contribution is 7.91. The minimum atomic E-state index is -3.32. The number of hydrogen-bond donors (Lipinski definition) is 2. The van der Waals surface area contributed by atoms with Gasteiger partial charge >= 0.3 is 0 Å². The van der Waals surface area contributed by atoms with Gasteiger partial charge in [0.1, 0.15) is 4.21 Å². The standard InChI is InChI=1S/C15H22N2O2S2/c1-2-16-7-9-5-12(20-8-9)21(18,19)17-15-13-10-3-4-11(6-10)14(13)15/h5,8,10-11,13-17H,2-4,6-7H2,1H3. The smallest absolute Gasteiger partial charge is 0.250 e. The molecule has 21 heavy (non-hydrogen) atoms. The van der Waals surface area contributed by atoms with Crippen molar-refractivity contribution in [3.8, 4) is 0 Å². The van der Waals surface area contributed by atoms with Crippen molar-refractivity contribution in [1.29, 1.82) is 0 Å². The molecule has 0 saturated heterocycles. The van der Waals surface area contributed by atoms with Crippen LogP contribution in [0.4, 0.5) is 0 Å². The third kappa shape index (κ3) is 2.36. The second-order valence-corrected chi connectivity index (χ2v) is 9.54. The molecule has 3 saturated carbocycles. The van der Waals surface area contributed by atoms with Crippen molar-refractivity contribution in [3.05, 3.63) is 17.0 Å². The minimum Gasteiger partial charge on any atom is -0.313 e. The van der Waals surface area contributed by atoms with E-state index >= 15 is 0 Å². The summed E-state index contributed by atoms with van der Waals surface area (Å²) in [5.41, 5.74) is 1.05. The first-order valence-corrected chi connectivity index (χ1v) is 10.3. The predicted octanol–water partition coefficient (Wildman–Crippen LogP) is 2.18. The first-order valence-electron chi connectivity index (χ1n) is 7.90. The highest BCUT2D eigenvalue weighted by atomic mass is 32.2. The fraction of sp³-hybridized carbons (Fsp3) is 0.733. The Balaban J connectivity index is 1.44. The highest BCUT2D eigenvalue weighted by Crippen LogP contribution is 2.65. The lowest BCUT2D eigenvalue weighted by atomic mass is 10.0. The molecule has 3 aliphatic rings. The average Bonchev–Trinajstić information content (AvgIpc) is 2.92. The van der Waals surface area contributed by atoms with Gasteiger partial charge in [0.25, 0.3) is 0 Å². The van der Waals surface area contributed by atoms with E-state index < -0.39 is 10.0 Å². The fourth-order valence-corrected chi connectivity index (χ4v) is 7.11. The van der Waals surface area contributed by atoms with E-state index in [1.165, 1.54) is 30.6 Å². The molecule has 1 aromatic heterocycles. The molecular weight excluding hydrogens is 304 g/mol. The van der Waals surface area contributed by atoms with Gasteiger partial charge in [-0.15, -0.1) is 11.3 Å². The van der Waals surface area contributed by atoms with Crippen LogP contribution in [0.2, 0.25) is 0 Å². The van der Waals surface area contributed by atoms with E-state index in [1.54, 1.807) is 0 Å². The molecule has 4 rings (SSSR count).